The first-order valence-corrected chi connectivity index (χ1v) is 11.7. The fourth-order valence-electron chi connectivity index (χ4n) is 5.03. The van der Waals surface area contributed by atoms with Crippen molar-refractivity contribution in [1.29, 1.82) is 0 Å². The predicted molar refractivity (Wildman–Crippen MR) is 122 cm³/mol. The molecule has 0 amide bonds. The van der Waals surface area contributed by atoms with E-state index in [9.17, 15) is 13.2 Å². The van der Waals surface area contributed by atoms with Crippen LogP contribution < -0.4 is 15.0 Å². The maximum Gasteiger partial charge on any atom is 0.416 e. The molecule has 2 fully saturated rings. The van der Waals surface area contributed by atoms with Crippen molar-refractivity contribution in [3.63, 3.8) is 0 Å². The van der Waals surface area contributed by atoms with Crippen LogP contribution in [0.15, 0.2) is 22.6 Å². The molecule has 1 saturated carbocycles. The molecule has 1 saturated heterocycles. The van der Waals surface area contributed by atoms with Gasteiger partial charge in [0.2, 0.25) is 11.8 Å². The minimum atomic E-state index is -4.46. The van der Waals surface area contributed by atoms with E-state index >= 15 is 0 Å². The number of hydrogen-bond donors (Lipinski definition) is 1. The lowest BCUT2D eigenvalue weighted by molar-refractivity contribution is -0.138. The number of halogens is 3. The van der Waals surface area contributed by atoms with Crippen LogP contribution in [-0.2, 0) is 6.18 Å². The summed E-state index contributed by atoms with van der Waals surface area (Å²) in [4.78, 5) is 6.62. The van der Waals surface area contributed by atoms with Crippen LogP contribution in [-0.4, -0.2) is 44.1 Å². The zero-order valence-corrected chi connectivity index (χ0v) is 20.0. The van der Waals surface area contributed by atoms with Crippen molar-refractivity contribution in [3.05, 3.63) is 35.2 Å². The molecule has 1 unspecified atom stereocenters. The molecule has 1 aliphatic carbocycles. The molecule has 1 aromatic carbocycles. The minimum absolute atomic E-state index is 0.0620. The molecule has 3 heterocycles. The third-order valence-electron chi connectivity index (χ3n) is 6.73. The first-order valence-electron chi connectivity index (χ1n) is 11.7. The molecule has 1 aliphatic heterocycles. The van der Waals surface area contributed by atoms with Crippen LogP contribution in [0.1, 0.15) is 49.7 Å². The van der Waals surface area contributed by atoms with E-state index in [2.05, 4.69) is 30.5 Å². The van der Waals surface area contributed by atoms with Crippen LogP contribution in [0.25, 0.3) is 0 Å². The van der Waals surface area contributed by atoms with Crippen molar-refractivity contribution in [2.75, 3.05) is 23.3 Å². The van der Waals surface area contributed by atoms with Gasteiger partial charge in [-0.15, -0.1) is 10.2 Å². The highest BCUT2D eigenvalue weighted by atomic mass is 19.4. The number of piperidine rings is 1. The average Bonchev–Trinajstić information content (AvgIpc) is 3.45. The second-order valence-electron chi connectivity index (χ2n) is 9.61. The molecule has 9 nitrogen and oxygen atoms in total. The summed E-state index contributed by atoms with van der Waals surface area (Å²) < 4.78 is 53.0. The molecule has 188 valence electrons. The minimum Gasteiger partial charge on any atom is -0.424 e. The Hall–Kier alpha value is -3.31. The molecular weight excluding hydrogens is 463 g/mol. The fraction of sp³-hybridized carbons (Fsp3) is 0.565. The number of aryl methyl sites for hydroxylation is 2. The van der Waals surface area contributed by atoms with Gasteiger partial charge in [-0.3, -0.25) is 0 Å². The smallest absolute Gasteiger partial charge is 0.416 e. The van der Waals surface area contributed by atoms with Crippen molar-refractivity contribution >= 4 is 12.0 Å². The van der Waals surface area contributed by atoms with Crippen molar-refractivity contribution in [2.45, 2.75) is 58.8 Å². The number of alkyl halides is 3. The number of ether oxygens (including phenoxy) is 1. The third kappa shape index (κ3) is 4.65. The number of fused-ring (bicyclic) bond motifs is 2. The van der Waals surface area contributed by atoms with Gasteiger partial charge in [0.15, 0.2) is 0 Å². The Bertz CT molecular complexity index is 1190. The number of rotatable bonds is 6. The van der Waals surface area contributed by atoms with E-state index in [0.717, 1.165) is 32.0 Å². The van der Waals surface area contributed by atoms with Crippen molar-refractivity contribution in [1.82, 2.24) is 25.0 Å². The Morgan fingerprint density at radius 2 is 1.83 bits per heavy atom. The Labute approximate surface area is 200 Å². The molecule has 5 rings (SSSR count). The summed E-state index contributed by atoms with van der Waals surface area (Å²) in [5.41, 5.74) is -0.598. The Morgan fingerprint density at radius 3 is 2.43 bits per heavy atom. The van der Waals surface area contributed by atoms with Crippen molar-refractivity contribution < 1.29 is 22.3 Å². The van der Waals surface area contributed by atoms with E-state index in [1.54, 1.807) is 11.6 Å². The van der Waals surface area contributed by atoms with Gasteiger partial charge in [0.1, 0.15) is 5.75 Å². The molecule has 2 bridgehead atoms. The van der Waals surface area contributed by atoms with Gasteiger partial charge in [0.25, 0.3) is 0 Å². The zero-order chi connectivity index (χ0) is 24.9. The Morgan fingerprint density at radius 1 is 1.11 bits per heavy atom. The maximum atomic E-state index is 13.3. The summed E-state index contributed by atoms with van der Waals surface area (Å²) in [6.45, 7) is 8.59. The number of anilines is 2. The molecule has 3 atom stereocenters. The van der Waals surface area contributed by atoms with Gasteiger partial charge in [0, 0.05) is 26.1 Å². The lowest BCUT2D eigenvalue weighted by Crippen LogP contribution is -2.48. The van der Waals surface area contributed by atoms with Gasteiger partial charge in [-0.25, -0.2) is 4.68 Å². The number of benzene rings is 1. The molecular formula is C23H28F3N7O2. The predicted octanol–water partition coefficient (Wildman–Crippen LogP) is 5.00. The van der Waals surface area contributed by atoms with Crippen LogP contribution in [0, 0.1) is 25.7 Å². The maximum absolute atomic E-state index is 13.3. The molecule has 3 aromatic rings. The second kappa shape index (κ2) is 8.72. The Balaban J connectivity index is 1.34. The largest absolute Gasteiger partial charge is 0.424 e. The summed E-state index contributed by atoms with van der Waals surface area (Å²) in [5.74, 6) is 1.71. The van der Waals surface area contributed by atoms with Crippen molar-refractivity contribution in [3.8, 4) is 11.8 Å². The monoisotopic (exact) mass is 491 g/mol. The summed E-state index contributed by atoms with van der Waals surface area (Å²) in [7, 11) is 0. The summed E-state index contributed by atoms with van der Waals surface area (Å²) in [5, 5.41) is 16.1. The lowest BCUT2D eigenvalue weighted by Gasteiger charge is -2.37. The van der Waals surface area contributed by atoms with Gasteiger partial charge in [-0.2, -0.15) is 18.2 Å². The lowest BCUT2D eigenvalue weighted by atomic mass is 9.92. The normalized spacial score (nSPS) is 22.2. The summed E-state index contributed by atoms with van der Waals surface area (Å²) in [6, 6.07) is 4.66. The molecule has 1 N–H and O–H groups in total. The number of nitrogens with one attached hydrogen (secondary N) is 1. The first-order chi connectivity index (χ1) is 16.6. The van der Waals surface area contributed by atoms with Gasteiger partial charge >= 0.3 is 18.2 Å². The number of hydrogen-bond acceptors (Lipinski definition) is 8. The molecule has 0 radical (unpaired) electrons. The quantitative estimate of drug-likeness (QED) is 0.515. The molecule has 12 heteroatoms. The molecule has 2 aromatic heterocycles. The highest BCUT2D eigenvalue weighted by Crippen LogP contribution is 2.40. The van der Waals surface area contributed by atoms with E-state index < -0.39 is 11.7 Å². The summed E-state index contributed by atoms with van der Waals surface area (Å²) in [6.07, 6.45) is -2.34. The van der Waals surface area contributed by atoms with Gasteiger partial charge in [0.05, 0.1) is 11.6 Å². The van der Waals surface area contributed by atoms with Crippen LogP contribution >= 0.6 is 0 Å². The van der Waals surface area contributed by atoms with Crippen LogP contribution in [0.3, 0.4) is 0 Å². The topological polar surface area (TPSA) is 94.1 Å². The van der Waals surface area contributed by atoms with Gasteiger partial charge in [-0.05, 0) is 63.1 Å². The highest BCUT2D eigenvalue weighted by Gasteiger charge is 2.44. The second-order valence-corrected chi connectivity index (χ2v) is 9.61. The number of nitrogens with zero attached hydrogens (tertiary/aromatic N) is 6. The van der Waals surface area contributed by atoms with E-state index in [0.29, 0.717) is 29.7 Å². The van der Waals surface area contributed by atoms with Crippen LogP contribution in [0.2, 0.25) is 0 Å². The Kier molecular flexibility index (Phi) is 5.84. The molecule has 0 spiro atoms. The van der Waals surface area contributed by atoms with Crippen LogP contribution in [0.4, 0.5) is 25.1 Å². The van der Waals surface area contributed by atoms with Gasteiger partial charge in [-0.1, -0.05) is 11.2 Å². The number of aromatic nitrogens is 5. The fourth-order valence-corrected chi connectivity index (χ4v) is 5.03. The molecule has 35 heavy (non-hydrogen) atoms. The van der Waals surface area contributed by atoms with E-state index in [-0.39, 0.29) is 29.4 Å². The van der Waals surface area contributed by atoms with Crippen LogP contribution in [0.5, 0.6) is 11.8 Å². The SMILES string of the molecule is Cc1nnc(N2C[C@H]3CC[C@@H](C2)C3Nc2nc(Oc3ccc(C)c(C(F)(F)F)c3)n(C(C)C)n2)o1. The van der Waals surface area contributed by atoms with Crippen molar-refractivity contribution in [2.24, 2.45) is 11.8 Å². The zero-order valence-electron chi connectivity index (χ0n) is 20.0. The average molecular weight is 492 g/mol. The van der Waals surface area contributed by atoms with E-state index in [4.69, 9.17) is 9.15 Å². The standard InChI is InChI=1S/C23H28F3N7O2/c1-12(2)33-21(35-17-8-5-13(3)18(9-17)23(24,25)26)28-20(31-33)27-19-15-6-7-16(19)11-32(10-15)22-30-29-14(4)34-22/h5,8-9,12,15-16,19H,6-7,10-11H2,1-4H3,(H,27,31)/t15-,16+,19?. The summed E-state index contributed by atoms with van der Waals surface area (Å²) >= 11 is 0. The third-order valence-corrected chi connectivity index (χ3v) is 6.73. The van der Waals surface area contributed by atoms with Gasteiger partial charge < -0.3 is 19.4 Å². The first kappa shape index (κ1) is 23.4. The van der Waals surface area contributed by atoms with E-state index in [1.165, 1.54) is 19.1 Å². The van der Waals surface area contributed by atoms with E-state index in [1.807, 2.05) is 13.8 Å². The highest BCUT2D eigenvalue weighted by molar-refractivity contribution is 5.39. The molecule has 2 aliphatic rings.